The highest BCUT2D eigenvalue weighted by atomic mass is 32.1. The van der Waals surface area contributed by atoms with Crippen molar-refractivity contribution in [2.45, 2.75) is 52.6 Å². The van der Waals surface area contributed by atoms with Crippen LogP contribution < -0.4 is 5.32 Å². The molecule has 1 heterocycles. The van der Waals surface area contributed by atoms with Gasteiger partial charge in [0.05, 0.1) is 11.4 Å². The molecule has 1 amide bonds. The molecule has 0 aromatic carbocycles. The molecule has 0 saturated heterocycles. The van der Waals surface area contributed by atoms with E-state index in [2.05, 4.69) is 26.1 Å². The van der Waals surface area contributed by atoms with E-state index in [0.717, 1.165) is 19.3 Å². The Bertz CT molecular complexity index is 613. The number of nitrogens with one attached hydrogen (secondary N) is 1. The van der Waals surface area contributed by atoms with Gasteiger partial charge in [-0.25, -0.2) is 4.79 Å². The second-order valence-corrected chi connectivity index (χ2v) is 8.76. The molecule has 2 unspecified atom stereocenters. The van der Waals surface area contributed by atoms with Crippen molar-refractivity contribution >= 4 is 23.2 Å². The molecule has 0 spiro atoms. The number of carbonyl (C=O) groups excluding carboxylic acids is 1. The van der Waals surface area contributed by atoms with Gasteiger partial charge in [0.15, 0.2) is 5.60 Å². The lowest BCUT2D eigenvalue weighted by molar-refractivity contribution is -0.155. The fourth-order valence-corrected chi connectivity index (χ4v) is 3.91. The Hall–Kier alpha value is -1.40. The average molecular weight is 339 g/mol. The van der Waals surface area contributed by atoms with E-state index in [1.807, 2.05) is 6.07 Å². The van der Waals surface area contributed by atoms with Gasteiger partial charge >= 0.3 is 5.97 Å². The minimum absolute atomic E-state index is 0.252. The minimum Gasteiger partial charge on any atom is -0.479 e. The zero-order chi connectivity index (χ0) is 17.4. The Kier molecular flexibility index (Phi) is 4.87. The summed E-state index contributed by atoms with van der Waals surface area (Å²) in [4.78, 5) is 24.9. The number of aryl methyl sites for hydroxylation is 1. The van der Waals surface area contributed by atoms with Gasteiger partial charge in [-0.15, -0.1) is 11.3 Å². The fourth-order valence-electron chi connectivity index (χ4n) is 2.79. The maximum absolute atomic E-state index is 12.2. The molecule has 1 aliphatic carbocycles. The topological polar surface area (TPSA) is 86.6 Å². The molecule has 6 heteroatoms. The first kappa shape index (κ1) is 17.9. The molecule has 2 atom stereocenters. The number of amides is 1. The van der Waals surface area contributed by atoms with Crippen molar-refractivity contribution in [1.29, 1.82) is 0 Å². The normalized spacial score (nSPS) is 20.5. The molecule has 0 bridgehead atoms. The first-order valence-corrected chi connectivity index (χ1v) is 8.68. The van der Waals surface area contributed by atoms with Gasteiger partial charge in [0.1, 0.15) is 0 Å². The molecule has 0 fully saturated rings. The number of thiophene rings is 1. The number of aliphatic carboxylic acids is 1. The number of hydrogen-bond donors (Lipinski definition) is 3. The van der Waals surface area contributed by atoms with E-state index in [-0.39, 0.29) is 17.9 Å². The number of hydrogen-bond acceptors (Lipinski definition) is 4. The van der Waals surface area contributed by atoms with E-state index in [1.165, 1.54) is 28.7 Å². The van der Waals surface area contributed by atoms with Crippen LogP contribution in [0.25, 0.3) is 0 Å². The van der Waals surface area contributed by atoms with Gasteiger partial charge in [-0.1, -0.05) is 20.8 Å². The van der Waals surface area contributed by atoms with Crippen LogP contribution in [0.3, 0.4) is 0 Å². The van der Waals surface area contributed by atoms with Crippen molar-refractivity contribution in [3.63, 3.8) is 0 Å². The van der Waals surface area contributed by atoms with Crippen LogP contribution in [0.15, 0.2) is 6.07 Å². The van der Waals surface area contributed by atoms with Gasteiger partial charge in [-0.3, -0.25) is 4.79 Å². The number of carboxylic acid groups (broad SMARTS) is 1. The third-order valence-corrected chi connectivity index (χ3v) is 5.82. The van der Waals surface area contributed by atoms with Gasteiger partial charge in [0, 0.05) is 4.88 Å². The SMILES string of the molecule is CC(O)(CNC(=O)c1cc2c(s1)CCC(C(C)(C)C)C2)C(=O)O. The van der Waals surface area contributed by atoms with Crippen molar-refractivity contribution in [3.05, 3.63) is 21.4 Å². The number of aliphatic hydroxyl groups is 1. The molecular formula is C17H25NO4S. The van der Waals surface area contributed by atoms with Gasteiger partial charge < -0.3 is 15.5 Å². The summed E-state index contributed by atoms with van der Waals surface area (Å²) >= 11 is 1.47. The average Bonchev–Trinajstić information content (AvgIpc) is 2.86. The number of fused-ring (bicyclic) bond motifs is 1. The third-order valence-electron chi connectivity index (χ3n) is 4.59. The zero-order valence-electron chi connectivity index (χ0n) is 14.1. The molecule has 128 valence electrons. The van der Waals surface area contributed by atoms with E-state index in [4.69, 9.17) is 5.11 Å². The van der Waals surface area contributed by atoms with Crippen LogP contribution in [0.5, 0.6) is 0 Å². The molecule has 5 nitrogen and oxygen atoms in total. The summed E-state index contributed by atoms with van der Waals surface area (Å²) in [6, 6.07) is 1.92. The number of rotatable bonds is 4. The fraction of sp³-hybridized carbons (Fsp3) is 0.647. The van der Waals surface area contributed by atoms with Crippen molar-refractivity contribution in [2.75, 3.05) is 6.54 Å². The summed E-state index contributed by atoms with van der Waals surface area (Å²) in [6.45, 7) is 7.60. The molecule has 1 aromatic heterocycles. The summed E-state index contributed by atoms with van der Waals surface area (Å²) < 4.78 is 0. The minimum atomic E-state index is -1.95. The van der Waals surface area contributed by atoms with Gasteiger partial charge in [0.25, 0.3) is 5.91 Å². The Morgan fingerprint density at radius 1 is 1.35 bits per heavy atom. The van der Waals surface area contributed by atoms with Crippen LogP contribution in [0.1, 0.15) is 54.2 Å². The van der Waals surface area contributed by atoms with Crippen LogP contribution in [0, 0.1) is 11.3 Å². The highest BCUT2D eigenvalue weighted by molar-refractivity contribution is 7.14. The lowest BCUT2D eigenvalue weighted by Crippen LogP contribution is -2.46. The first-order chi connectivity index (χ1) is 10.5. The Labute approximate surface area is 140 Å². The van der Waals surface area contributed by atoms with Gasteiger partial charge in [-0.05, 0) is 49.1 Å². The number of carbonyl (C=O) groups is 2. The van der Waals surface area contributed by atoms with Crippen LogP contribution >= 0.6 is 11.3 Å². The van der Waals surface area contributed by atoms with Gasteiger partial charge in [-0.2, -0.15) is 0 Å². The smallest absolute Gasteiger partial charge is 0.337 e. The molecular weight excluding hydrogens is 314 g/mol. The summed E-state index contributed by atoms with van der Waals surface area (Å²) in [6.07, 6.45) is 3.10. The highest BCUT2D eigenvalue weighted by Gasteiger charge is 2.32. The predicted molar refractivity (Wildman–Crippen MR) is 89.9 cm³/mol. The van der Waals surface area contributed by atoms with E-state index in [1.54, 1.807) is 0 Å². The summed E-state index contributed by atoms with van der Waals surface area (Å²) in [5.41, 5.74) is -0.470. The van der Waals surface area contributed by atoms with Crippen LogP contribution in [0.4, 0.5) is 0 Å². The third kappa shape index (κ3) is 4.12. The van der Waals surface area contributed by atoms with E-state index >= 15 is 0 Å². The van der Waals surface area contributed by atoms with E-state index in [0.29, 0.717) is 10.8 Å². The second-order valence-electron chi connectivity index (χ2n) is 7.63. The molecule has 2 rings (SSSR count). The Morgan fingerprint density at radius 3 is 2.57 bits per heavy atom. The molecule has 0 saturated carbocycles. The lowest BCUT2D eigenvalue weighted by Gasteiger charge is -2.33. The standard InChI is InChI=1S/C17H25NO4S/c1-16(2,3)11-5-6-12-10(7-11)8-13(23-12)14(19)18-9-17(4,22)15(20)21/h8,11,22H,5-7,9H2,1-4H3,(H,18,19)(H,20,21). The summed E-state index contributed by atoms with van der Waals surface area (Å²) in [5, 5.41) is 21.0. The van der Waals surface area contributed by atoms with Crippen molar-refractivity contribution in [2.24, 2.45) is 11.3 Å². The van der Waals surface area contributed by atoms with E-state index < -0.39 is 11.6 Å². The quantitative estimate of drug-likeness (QED) is 0.786. The van der Waals surface area contributed by atoms with Gasteiger partial charge in [0.2, 0.25) is 0 Å². The van der Waals surface area contributed by atoms with Crippen molar-refractivity contribution in [3.8, 4) is 0 Å². The summed E-state index contributed by atoms with van der Waals surface area (Å²) in [7, 11) is 0. The Morgan fingerprint density at radius 2 is 2.00 bits per heavy atom. The van der Waals surface area contributed by atoms with Crippen LogP contribution in [-0.4, -0.2) is 34.2 Å². The molecule has 0 aliphatic heterocycles. The first-order valence-electron chi connectivity index (χ1n) is 7.86. The second kappa shape index (κ2) is 6.24. The van der Waals surface area contributed by atoms with E-state index in [9.17, 15) is 14.7 Å². The largest absolute Gasteiger partial charge is 0.479 e. The summed E-state index contributed by atoms with van der Waals surface area (Å²) in [5.74, 6) is -1.07. The lowest BCUT2D eigenvalue weighted by atomic mass is 9.72. The molecule has 1 aromatic rings. The molecule has 3 N–H and O–H groups in total. The molecule has 0 radical (unpaired) electrons. The molecule has 23 heavy (non-hydrogen) atoms. The van der Waals surface area contributed by atoms with Crippen LogP contribution in [0.2, 0.25) is 0 Å². The highest BCUT2D eigenvalue weighted by Crippen LogP contribution is 2.40. The number of carboxylic acids is 1. The monoisotopic (exact) mass is 339 g/mol. The molecule has 1 aliphatic rings. The maximum atomic E-state index is 12.2. The zero-order valence-corrected chi connectivity index (χ0v) is 14.9. The Balaban J connectivity index is 2.05. The predicted octanol–water partition coefficient (Wildman–Crippen LogP) is 2.46. The van der Waals surface area contributed by atoms with Crippen LogP contribution in [-0.2, 0) is 17.6 Å². The van der Waals surface area contributed by atoms with Crippen molar-refractivity contribution < 1.29 is 19.8 Å². The van der Waals surface area contributed by atoms with Crippen molar-refractivity contribution in [1.82, 2.24) is 5.32 Å². The maximum Gasteiger partial charge on any atom is 0.337 e.